The standard InChI is InChI=1S/C16H18FN3O3/c1-8(14-9(2)19-20(4)10(14)3)15(21)18-13-7-11(16(22)23)5-6-12(13)17/h5-8H,1-4H3,(H,18,21)(H,22,23)/t8-/m1/s1. The van der Waals surface area contributed by atoms with E-state index >= 15 is 0 Å². The molecule has 1 aromatic heterocycles. The number of aryl methyl sites for hydroxylation is 2. The highest BCUT2D eigenvalue weighted by atomic mass is 19.1. The molecule has 0 radical (unpaired) electrons. The van der Waals surface area contributed by atoms with Crippen LogP contribution in [-0.2, 0) is 11.8 Å². The van der Waals surface area contributed by atoms with Gasteiger partial charge in [-0.15, -0.1) is 0 Å². The quantitative estimate of drug-likeness (QED) is 0.907. The molecule has 0 aliphatic heterocycles. The van der Waals surface area contributed by atoms with Crippen molar-refractivity contribution < 1.29 is 19.1 Å². The van der Waals surface area contributed by atoms with Gasteiger partial charge in [0.05, 0.1) is 22.9 Å². The zero-order chi connectivity index (χ0) is 17.3. The molecular weight excluding hydrogens is 301 g/mol. The van der Waals surface area contributed by atoms with Crippen LogP contribution < -0.4 is 5.32 Å². The predicted molar refractivity (Wildman–Crippen MR) is 83.1 cm³/mol. The maximum Gasteiger partial charge on any atom is 0.335 e. The van der Waals surface area contributed by atoms with E-state index in [4.69, 9.17) is 5.11 Å². The Balaban J connectivity index is 2.28. The molecular formula is C16H18FN3O3. The first-order valence-electron chi connectivity index (χ1n) is 7.06. The van der Waals surface area contributed by atoms with Crippen molar-refractivity contribution in [3.05, 3.63) is 46.5 Å². The van der Waals surface area contributed by atoms with E-state index in [1.807, 2.05) is 6.92 Å². The van der Waals surface area contributed by atoms with E-state index in [0.717, 1.165) is 35.2 Å². The molecule has 122 valence electrons. The normalized spacial score (nSPS) is 12.0. The number of nitrogens with one attached hydrogen (secondary N) is 1. The van der Waals surface area contributed by atoms with E-state index in [9.17, 15) is 14.0 Å². The van der Waals surface area contributed by atoms with Gasteiger partial charge in [0.1, 0.15) is 5.82 Å². The summed E-state index contributed by atoms with van der Waals surface area (Å²) in [6.45, 7) is 5.35. The summed E-state index contributed by atoms with van der Waals surface area (Å²) in [5, 5.41) is 15.7. The Morgan fingerprint density at radius 3 is 2.52 bits per heavy atom. The third-order valence-electron chi connectivity index (χ3n) is 3.86. The summed E-state index contributed by atoms with van der Waals surface area (Å²) in [4.78, 5) is 23.3. The number of halogens is 1. The Hall–Kier alpha value is -2.70. The zero-order valence-electron chi connectivity index (χ0n) is 13.3. The van der Waals surface area contributed by atoms with Crippen LogP contribution >= 0.6 is 0 Å². The molecule has 1 amide bonds. The number of rotatable bonds is 4. The van der Waals surface area contributed by atoms with Crippen molar-refractivity contribution in [2.24, 2.45) is 7.05 Å². The fraction of sp³-hybridized carbons (Fsp3) is 0.312. The van der Waals surface area contributed by atoms with Crippen molar-refractivity contribution in [2.45, 2.75) is 26.7 Å². The molecule has 0 bridgehead atoms. The number of carboxylic acids is 1. The number of aromatic carboxylic acids is 1. The van der Waals surface area contributed by atoms with E-state index in [1.54, 1.807) is 25.6 Å². The molecule has 2 rings (SSSR count). The number of carbonyl (C=O) groups excluding carboxylic acids is 1. The third-order valence-corrected chi connectivity index (χ3v) is 3.86. The van der Waals surface area contributed by atoms with Crippen LogP contribution in [0.1, 0.15) is 40.2 Å². The van der Waals surface area contributed by atoms with Crippen LogP contribution in [0.25, 0.3) is 0 Å². The Morgan fingerprint density at radius 2 is 2.00 bits per heavy atom. The molecule has 0 aliphatic rings. The number of aromatic nitrogens is 2. The monoisotopic (exact) mass is 319 g/mol. The lowest BCUT2D eigenvalue weighted by Crippen LogP contribution is -2.21. The second kappa shape index (κ2) is 6.20. The predicted octanol–water partition coefficient (Wildman–Crippen LogP) is 2.62. The highest BCUT2D eigenvalue weighted by Gasteiger charge is 2.23. The fourth-order valence-corrected chi connectivity index (χ4v) is 2.54. The first kappa shape index (κ1) is 16.7. The second-order valence-corrected chi connectivity index (χ2v) is 5.42. The number of hydrogen-bond acceptors (Lipinski definition) is 3. The van der Waals surface area contributed by atoms with Gasteiger partial charge in [0.2, 0.25) is 5.91 Å². The summed E-state index contributed by atoms with van der Waals surface area (Å²) in [6, 6.07) is 3.27. The number of amides is 1. The first-order valence-corrected chi connectivity index (χ1v) is 7.06. The van der Waals surface area contributed by atoms with Gasteiger partial charge in [0.15, 0.2) is 0 Å². The highest BCUT2D eigenvalue weighted by Crippen LogP contribution is 2.25. The van der Waals surface area contributed by atoms with Gasteiger partial charge in [0.25, 0.3) is 0 Å². The van der Waals surface area contributed by atoms with Crippen LogP contribution in [0.4, 0.5) is 10.1 Å². The third kappa shape index (κ3) is 3.23. The summed E-state index contributed by atoms with van der Waals surface area (Å²) in [5.74, 6) is -2.84. The van der Waals surface area contributed by atoms with E-state index in [1.165, 1.54) is 0 Å². The number of carboxylic acid groups (broad SMARTS) is 1. The summed E-state index contributed by atoms with van der Waals surface area (Å²) in [5.41, 5.74) is 2.11. The van der Waals surface area contributed by atoms with Gasteiger partial charge in [-0.3, -0.25) is 9.48 Å². The Bertz CT molecular complexity index is 783. The van der Waals surface area contributed by atoms with E-state index in [0.29, 0.717) is 0 Å². The van der Waals surface area contributed by atoms with Gasteiger partial charge in [-0.1, -0.05) is 0 Å². The minimum atomic E-state index is -1.19. The number of carbonyl (C=O) groups is 2. The van der Waals surface area contributed by atoms with E-state index in [2.05, 4.69) is 10.4 Å². The molecule has 1 heterocycles. The second-order valence-electron chi connectivity index (χ2n) is 5.42. The lowest BCUT2D eigenvalue weighted by atomic mass is 9.98. The molecule has 6 nitrogen and oxygen atoms in total. The maximum absolute atomic E-state index is 13.8. The van der Waals surface area contributed by atoms with Crippen molar-refractivity contribution >= 4 is 17.6 Å². The number of anilines is 1. The number of hydrogen-bond donors (Lipinski definition) is 2. The van der Waals surface area contributed by atoms with Crippen molar-refractivity contribution in [3.8, 4) is 0 Å². The van der Waals surface area contributed by atoms with Gasteiger partial charge in [0, 0.05) is 18.3 Å². The molecule has 1 aromatic carbocycles. The molecule has 0 fully saturated rings. The van der Waals surface area contributed by atoms with E-state index < -0.39 is 23.6 Å². The summed E-state index contributed by atoms with van der Waals surface area (Å²) >= 11 is 0. The number of benzene rings is 1. The van der Waals surface area contributed by atoms with E-state index in [-0.39, 0.29) is 11.3 Å². The van der Waals surface area contributed by atoms with Gasteiger partial charge in [-0.25, -0.2) is 9.18 Å². The molecule has 0 spiro atoms. The van der Waals surface area contributed by atoms with Crippen LogP contribution in [0.3, 0.4) is 0 Å². The van der Waals surface area contributed by atoms with Crippen molar-refractivity contribution in [2.75, 3.05) is 5.32 Å². The molecule has 0 saturated carbocycles. The molecule has 1 atom stereocenters. The van der Waals surface area contributed by atoms with Crippen molar-refractivity contribution in [3.63, 3.8) is 0 Å². The Kier molecular flexibility index (Phi) is 4.49. The Labute approximate surface area is 132 Å². The fourth-order valence-electron chi connectivity index (χ4n) is 2.54. The van der Waals surface area contributed by atoms with Crippen LogP contribution in [0, 0.1) is 19.7 Å². The molecule has 2 N–H and O–H groups in total. The lowest BCUT2D eigenvalue weighted by Gasteiger charge is -2.14. The number of nitrogens with zero attached hydrogens (tertiary/aromatic N) is 2. The molecule has 0 unspecified atom stereocenters. The van der Waals surface area contributed by atoms with Crippen molar-refractivity contribution in [1.29, 1.82) is 0 Å². The van der Waals surface area contributed by atoms with Gasteiger partial charge in [-0.2, -0.15) is 5.10 Å². The highest BCUT2D eigenvalue weighted by molar-refractivity contribution is 5.97. The first-order chi connectivity index (χ1) is 10.7. The van der Waals surface area contributed by atoms with Gasteiger partial charge < -0.3 is 10.4 Å². The van der Waals surface area contributed by atoms with Crippen LogP contribution in [0.15, 0.2) is 18.2 Å². The zero-order valence-corrected chi connectivity index (χ0v) is 13.3. The van der Waals surface area contributed by atoms with Crippen molar-refractivity contribution in [1.82, 2.24) is 9.78 Å². The van der Waals surface area contributed by atoms with Crippen LogP contribution in [0.2, 0.25) is 0 Å². The minimum absolute atomic E-state index is 0.0944. The molecule has 0 aliphatic carbocycles. The minimum Gasteiger partial charge on any atom is -0.478 e. The topological polar surface area (TPSA) is 84.2 Å². The smallest absolute Gasteiger partial charge is 0.335 e. The maximum atomic E-state index is 13.8. The molecule has 0 saturated heterocycles. The largest absolute Gasteiger partial charge is 0.478 e. The summed E-state index contributed by atoms with van der Waals surface area (Å²) in [7, 11) is 1.78. The summed E-state index contributed by atoms with van der Waals surface area (Å²) < 4.78 is 15.5. The van der Waals surface area contributed by atoms with Gasteiger partial charge >= 0.3 is 5.97 Å². The van der Waals surface area contributed by atoms with Gasteiger partial charge in [-0.05, 0) is 39.0 Å². The lowest BCUT2D eigenvalue weighted by molar-refractivity contribution is -0.117. The van der Waals surface area contributed by atoms with Crippen LogP contribution in [0.5, 0.6) is 0 Å². The van der Waals surface area contributed by atoms with Crippen LogP contribution in [-0.4, -0.2) is 26.8 Å². The molecule has 23 heavy (non-hydrogen) atoms. The Morgan fingerprint density at radius 1 is 1.35 bits per heavy atom. The average Bonchev–Trinajstić information content (AvgIpc) is 2.73. The summed E-state index contributed by atoms with van der Waals surface area (Å²) in [6.07, 6.45) is 0. The molecule has 2 aromatic rings. The average molecular weight is 319 g/mol. The SMILES string of the molecule is Cc1nn(C)c(C)c1[C@@H](C)C(=O)Nc1cc(C(=O)O)ccc1F. The molecule has 7 heteroatoms.